The third-order valence-electron chi connectivity index (χ3n) is 2.01. The Morgan fingerprint density at radius 1 is 1.45 bits per heavy atom. The Bertz CT molecular complexity index is 104. The first kappa shape index (κ1) is 9.36. The fourth-order valence-electron chi connectivity index (χ4n) is 1.32. The number of nitrogens with zero attached hydrogens (tertiary/aromatic N) is 1. The Labute approximate surface area is 74.3 Å². The quantitative estimate of drug-likeness (QED) is 0.651. The van der Waals surface area contributed by atoms with E-state index in [1.165, 1.54) is 12.8 Å². The highest BCUT2D eigenvalue weighted by Crippen LogP contribution is 2.12. The Balaban J connectivity index is 2.21. The molecule has 0 aliphatic carbocycles. The number of hydrogen-bond acceptors (Lipinski definition) is 3. The van der Waals surface area contributed by atoms with Crippen LogP contribution in [0.15, 0.2) is 0 Å². The maximum atomic E-state index is 5.25. The van der Waals surface area contributed by atoms with Gasteiger partial charge in [0.25, 0.3) is 0 Å². The van der Waals surface area contributed by atoms with E-state index < -0.39 is 0 Å². The molecule has 1 saturated heterocycles. The number of thiol groups is 1. The fourth-order valence-corrected chi connectivity index (χ4v) is 1.81. The molecule has 1 heterocycles. The van der Waals surface area contributed by atoms with Crippen LogP contribution in [0, 0.1) is 0 Å². The average Bonchev–Trinajstić information content (AvgIpc) is 2.07. The first-order chi connectivity index (χ1) is 5.34. The molecule has 0 aromatic carbocycles. The van der Waals surface area contributed by atoms with Crippen LogP contribution in [0.25, 0.3) is 0 Å². The lowest BCUT2D eigenvalue weighted by Gasteiger charge is -2.31. The molecule has 1 rings (SSSR count). The summed E-state index contributed by atoms with van der Waals surface area (Å²) in [6.07, 6.45) is 2.40. The lowest BCUT2D eigenvalue weighted by molar-refractivity contribution is 0.0317. The molecule has 0 radical (unpaired) electrons. The minimum Gasteiger partial charge on any atom is -0.379 e. The number of morpholine rings is 1. The van der Waals surface area contributed by atoms with Crippen molar-refractivity contribution in [1.82, 2.24) is 4.90 Å². The Kier molecular flexibility index (Phi) is 4.26. The molecule has 3 heteroatoms. The van der Waals surface area contributed by atoms with Gasteiger partial charge in [0, 0.05) is 13.1 Å². The minimum absolute atomic E-state index is 0.448. The lowest BCUT2D eigenvalue weighted by Crippen LogP contribution is -2.40. The maximum absolute atomic E-state index is 5.25. The smallest absolute Gasteiger partial charge is 0.0594 e. The molecule has 0 amide bonds. The summed E-state index contributed by atoms with van der Waals surface area (Å²) in [4.78, 5) is 2.39. The predicted molar refractivity (Wildman–Crippen MR) is 50.1 cm³/mol. The van der Waals surface area contributed by atoms with Crippen LogP contribution >= 0.6 is 12.6 Å². The van der Waals surface area contributed by atoms with Crippen LogP contribution in [0.2, 0.25) is 0 Å². The summed E-state index contributed by atoms with van der Waals surface area (Å²) in [5.74, 6) is 0. The SMILES string of the molecule is CCCC(S)N1CCOCC1. The maximum Gasteiger partial charge on any atom is 0.0594 e. The van der Waals surface area contributed by atoms with Gasteiger partial charge in [0.05, 0.1) is 18.6 Å². The largest absolute Gasteiger partial charge is 0.379 e. The molecule has 0 saturated carbocycles. The molecule has 2 nitrogen and oxygen atoms in total. The molecule has 0 bridgehead atoms. The van der Waals surface area contributed by atoms with Crippen LogP contribution in [-0.4, -0.2) is 36.6 Å². The van der Waals surface area contributed by atoms with Crippen LogP contribution in [0.5, 0.6) is 0 Å². The van der Waals surface area contributed by atoms with Gasteiger partial charge in [0.2, 0.25) is 0 Å². The second-order valence-electron chi connectivity index (χ2n) is 2.92. The van der Waals surface area contributed by atoms with E-state index in [1.807, 2.05) is 0 Å². The molecule has 0 aromatic rings. The van der Waals surface area contributed by atoms with Crippen molar-refractivity contribution >= 4 is 12.6 Å². The predicted octanol–water partition coefficient (Wildman–Crippen LogP) is 1.37. The first-order valence-corrected chi connectivity index (χ1v) is 4.86. The van der Waals surface area contributed by atoms with Gasteiger partial charge < -0.3 is 4.74 Å². The van der Waals surface area contributed by atoms with Crippen molar-refractivity contribution in [3.63, 3.8) is 0 Å². The Morgan fingerprint density at radius 2 is 2.09 bits per heavy atom. The summed E-state index contributed by atoms with van der Waals surface area (Å²) < 4.78 is 5.25. The van der Waals surface area contributed by atoms with Crippen LogP contribution < -0.4 is 0 Å². The second-order valence-corrected chi connectivity index (χ2v) is 3.51. The van der Waals surface area contributed by atoms with Gasteiger partial charge in [-0.25, -0.2) is 0 Å². The standard InChI is InChI=1S/C8H17NOS/c1-2-3-8(11)9-4-6-10-7-5-9/h8,11H,2-7H2,1H3. The van der Waals surface area contributed by atoms with Crippen LogP contribution in [-0.2, 0) is 4.74 Å². The van der Waals surface area contributed by atoms with Gasteiger partial charge in [-0.2, -0.15) is 12.6 Å². The zero-order valence-electron chi connectivity index (χ0n) is 7.12. The Morgan fingerprint density at radius 3 is 2.64 bits per heavy atom. The molecular formula is C8H17NOS. The van der Waals surface area contributed by atoms with Gasteiger partial charge in [0.1, 0.15) is 0 Å². The van der Waals surface area contributed by atoms with Crippen molar-refractivity contribution in [2.45, 2.75) is 25.1 Å². The molecule has 66 valence electrons. The fraction of sp³-hybridized carbons (Fsp3) is 1.00. The van der Waals surface area contributed by atoms with Gasteiger partial charge in [-0.15, -0.1) is 0 Å². The molecule has 0 N–H and O–H groups in total. The number of rotatable bonds is 3. The van der Waals surface area contributed by atoms with E-state index in [2.05, 4.69) is 24.5 Å². The van der Waals surface area contributed by atoms with Gasteiger partial charge in [-0.05, 0) is 6.42 Å². The highest BCUT2D eigenvalue weighted by atomic mass is 32.1. The van der Waals surface area contributed by atoms with E-state index in [4.69, 9.17) is 4.74 Å². The van der Waals surface area contributed by atoms with E-state index in [-0.39, 0.29) is 0 Å². The van der Waals surface area contributed by atoms with E-state index in [0.717, 1.165) is 26.3 Å². The summed E-state index contributed by atoms with van der Waals surface area (Å²) in [5.41, 5.74) is 0. The van der Waals surface area contributed by atoms with Crippen molar-refractivity contribution in [2.24, 2.45) is 0 Å². The average molecular weight is 175 g/mol. The third kappa shape index (κ3) is 3.01. The first-order valence-electron chi connectivity index (χ1n) is 4.34. The second kappa shape index (κ2) is 5.01. The van der Waals surface area contributed by atoms with Gasteiger partial charge in [0.15, 0.2) is 0 Å². The van der Waals surface area contributed by atoms with Crippen LogP contribution in [0.4, 0.5) is 0 Å². The van der Waals surface area contributed by atoms with Crippen LogP contribution in [0.3, 0.4) is 0 Å². The van der Waals surface area contributed by atoms with E-state index in [1.54, 1.807) is 0 Å². The summed E-state index contributed by atoms with van der Waals surface area (Å²) in [7, 11) is 0. The normalized spacial score (nSPS) is 23.5. The van der Waals surface area contributed by atoms with E-state index >= 15 is 0 Å². The zero-order valence-corrected chi connectivity index (χ0v) is 8.02. The summed E-state index contributed by atoms with van der Waals surface area (Å²) >= 11 is 4.52. The Hall–Kier alpha value is 0.270. The highest BCUT2D eigenvalue weighted by molar-refractivity contribution is 7.80. The molecule has 1 unspecified atom stereocenters. The molecule has 1 fully saturated rings. The summed E-state index contributed by atoms with van der Waals surface area (Å²) in [6, 6.07) is 0. The van der Waals surface area contributed by atoms with Crippen molar-refractivity contribution in [3.8, 4) is 0 Å². The molecule has 1 aliphatic heterocycles. The minimum atomic E-state index is 0.448. The van der Waals surface area contributed by atoms with Crippen molar-refractivity contribution in [3.05, 3.63) is 0 Å². The van der Waals surface area contributed by atoms with Crippen molar-refractivity contribution in [1.29, 1.82) is 0 Å². The number of hydrogen-bond donors (Lipinski definition) is 1. The van der Waals surface area contributed by atoms with Crippen molar-refractivity contribution in [2.75, 3.05) is 26.3 Å². The van der Waals surface area contributed by atoms with Gasteiger partial charge >= 0.3 is 0 Å². The van der Waals surface area contributed by atoms with Gasteiger partial charge in [-0.1, -0.05) is 13.3 Å². The molecule has 11 heavy (non-hydrogen) atoms. The monoisotopic (exact) mass is 175 g/mol. The van der Waals surface area contributed by atoms with E-state index in [9.17, 15) is 0 Å². The molecule has 1 aliphatic rings. The molecule has 1 atom stereocenters. The molecule has 0 aromatic heterocycles. The van der Waals surface area contributed by atoms with Crippen LogP contribution in [0.1, 0.15) is 19.8 Å². The number of ether oxygens (including phenoxy) is 1. The topological polar surface area (TPSA) is 12.5 Å². The van der Waals surface area contributed by atoms with Gasteiger partial charge in [-0.3, -0.25) is 4.90 Å². The summed E-state index contributed by atoms with van der Waals surface area (Å²) in [6.45, 7) is 6.05. The molecule has 0 spiro atoms. The lowest BCUT2D eigenvalue weighted by atomic mass is 10.3. The van der Waals surface area contributed by atoms with Crippen molar-refractivity contribution < 1.29 is 4.74 Å². The summed E-state index contributed by atoms with van der Waals surface area (Å²) in [5, 5.41) is 0.448. The zero-order chi connectivity index (χ0) is 8.10. The molecular weight excluding hydrogens is 158 g/mol. The third-order valence-corrected chi connectivity index (χ3v) is 2.60. The van der Waals surface area contributed by atoms with E-state index in [0.29, 0.717) is 5.37 Å². The highest BCUT2D eigenvalue weighted by Gasteiger charge is 2.16.